The van der Waals surface area contributed by atoms with Crippen LogP contribution in [-0.4, -0.2) is 4.57 Å². The van der Waals surface area contributed by atoms with Crippen LogP contribution < -0.4 is 4.90 Å². The molecule has 3 heterocycles. The molecule has 16 rings (SSSR count). The average molecular weight is 967 g/mol. The predicted molar refractivity (Wildman–Crippen MR) is 315 cm³/mol. The van der Waals surface area contributed by atoms with Crippen LogP contribution in [0.1, 0.15) is 22.3 Å². The van der Waals surface area contributed by atoms with Crippen molar-refractivity contribution >= 4 is 60.8 Å². The minimum Gasteiger partial charge on any atom is -0.455 e. The molecule has 2 aliphatic rings. The Kier molecular flexibility index (Phi) is 9.25. The number of hydrogen-bond donors (Lipinski definition) is 0. The van der Waals surface area contributed by atoms with Crippen molar-refractivity contribution in [3.8, 4) is 61.3 Å². The minimum atomic E-state index is -0.550. The molecule has 3 heteroatoms. The van der Waals surface area contributed by atoms with Crippen LogP contribution >= 0.6 is 0 Å². The molecule has 0 radical (unpaired) electrons. The molecule has 1 aliphatic carbocycles. The molecule has 14 aromatic rings. The second kappa shape index (κ2) is 16.5. The predicted octanol–water partition coefficient (Wildman–Crippen LogP) is 19.5. The van der Waals surface area contributed by atoms with E-state index in [0.29, 0.717) is 0 Å². The summed E-state index contributed by atoms with van der Waals surface area (Å²) in [6.07, 6.45) is 0. The summed E-state index contributed by atoms with van der Waals surface area (Å²) in [6.45, 7) is 0. The summed E-state index contributed by atoms with van der Waals surface area (Å²) in [5, 5.41) is 4.80. The van der Waals surface area contributed by atoms with Crippen LogP contribution in [-0.2, 0) is 5.41 Å². The summed E-state index contributed by atoms with van der Waals surface area (Å²) in [4.78, 5) is 2.44. The molecule has 0 bridgehead atoms. The van der Waals surface area contributed by atoms with Crippen molar-refractivity contribution in [1.82, 2.24) is 4.57 Å². The van der Waals surface area contributed by atoms with E-state index in [9.17, 15) is 0 Å². The number of benzene rings is 12. The highest BCUT2D eigenvalue weighted by atomic mass is 16.3. The average Bonchev–Trinajstić information content (AvgIpc) is 4.33. The highest BCUT2D eigenvalue weighted by molar-refractivity contribution is 6.13. The molecule has 76 heavy (non-hydrogen) atoms. The number of aromatic nitrogens is 1. The lowest BCUT2D eigenvalue weighted by Gasteiger charge is -2.39. The zero-order valence-corrected chi connectivity index (χ0v) is 41.4. The molecule has 12 aromatic carbocycles. The molecule has 0 amide bonds. The molecule has 1 aliphatic heterocycles. The second-order valence-corrected chi connectivity index (χ2v) is 20.3. The third kappa shape index (κ3) is 6.05. The van der Waals surface area contributed by atoms with Crippen LogP contribution in [0.15, 0.2) is 283 Å². The molecule has 354 valence electrons. The fourth-order valence-electron chi connectivity index (χ4n) is 13.2. The zero-order chi connectivity index (χ0) is 49.9. The van der Waals surface area contributed by atoms with E-state index in [0.717, 1.165) is 61.3 Å². The van der Waals surface area contributed by atoms with Gasteiger partial charge in [0, 0.05) is 44.0 Å². The lowest BCUT2D eigenvalue weighted by atomic mass is 9.65. The van der Waals surface area contributed by atoms with Crippen molar-refractivity contribution in [2.45, 2.75) is 5.41 Å². The number of para-hydroxylation sites is 6. The minimum absolute atomic E-state index is 0.550. The Labute approximate surface area is 440 Å². The number of nitrogens with zero attached hydrogens (tertiary/aromatic N) is 2. The van der Waals surface area contributed by atoms with Gasteiger partial charge in [-0.05, 0) is 121 Å². The maximum absolute atomic E-state index is 6.55. The summed E-state index contributed by atoms with van der Waals surface area (Å²) in [7, 11) is 0. The number of rotatable bonds is 7. The fourth-order valence-corrected chi connectivity index (χ4v) is 13.2. The summed E-state index contributed by atoms with van der Waals surface area (Å²) in [5.41, 5.74) is 25.1. The van der Waals surface area contributed by atoms with Crippen molar-refractivity contribution in [1.29, 1.82) is 0 Å². The van der Waals surface area contributed by atoms with Crippen molar-refractivity contribution in [3.05, 3.63) is 301 Å². The zero-order valence-electron chi connectivity index (χ0n) is 41.4. The van der Waals surface area contributed by atoms with Gasteiger partial charge in [-0.15, -0.1) is 0 Å². The number of fused-ring (bicyclic) bond motifs is 15. The van der Waals surface area contributed by atoms with Crippen molar-refractivity contribution in [2.75, 3.05) is 4.90 Å². The van der Waals surface area contributed by atoms with E-state index in [1.54, 1.807) is 0 Å². The molecule has 0 N–H and O–H groups in total. The Hall–Kier alpha value is -9.96. The van der Waals surface area contributed by atoms with Gasteiger partial charge in [-0.25, -0.2) is 0 Å². The van der Waals surface area contributed by atoms with E-state index in [1.165, 1.54) is 83.1 Å². The molecular weight excluding hydrogens is 921 g/mol. The molecule has 3 nitrogen and oxygen atoms in total. The molecule has 1 atom stereocenters. The van der Waals surface area contributed by atoms with E-state index in [-0.39, 0.29) is 0 Å². The number of furan rings is 1. The summed E-state index contributed by atoms with van der Waals surface area (Å²) < 4.78 is 9.07. The van der Waals surface area contributed by atoms with Crippen LogP contribution in [0.4, 0.5) is 17.1 Å². The highest BCUT2D eigenvalue weighted by Crippen LogP contribution is 2.61. The van der Waals surface area contributed by atoms with Gasteiger partial charge in [0.25, 0.3) is 0 Å². The van der Waals surface area contributed by atoms with Crippen molar-refractivity contribution in [2.24, 2.45) is 0 Å². The van der Waals surface area contributed by atoms with Gasteiger partial charge in [0.05, 0.1) is 27.8 Å². The van der Waals surface area contributed by atoms with Crippen LogP contribution in [0.25, 0.3) is 105 Å². The van der Waals surface area contributed by atoms with Crippen LogP contribution in [0, 0.1) is 0 Å². The Morgan fingerprint density at radius 1 is 0.316 bits per heavy atom. The van der Waals surface area contributed by atoms with E-state index >= 15 is 0 Å². The van der Waals surface area contributed by atoms with E-state index in [2.05, 4.69) is 282 Å². The monoisotopic (exact) mass is 966 g/mol. The Morgan fingerprint density at radius 3 is 1.78 bits per heavy atom. The van der Waals surface area contributed by atoms with Crippen LogP contribution in [0.3, 0.4) is 0 Å². The summed E-state index contributed by atoms with van der Waals surface area (Å²) in [5.74, 6) is 0. The summed E-state index contributed by atoms with van der Waals surface area (Å²) in [6, 6.07) is 103. The van der Waals surface area contributed by atoms with Gasteiger partial charge in [-0.3, -0.25) is 0 Å². The topological polar surface area (TPSA) is 21.3 Å². The third-order valence-electron chi connectivity index (χ3n) is 16.4. The largest absolute Gasteiger partial charge is 0.455 e. The first-order valence-electron chi connectivity index (χ1n) is 26.2. The maximum atomic E-state index is 6.55. The first-order valence-corrected chi connectivity index (χ1v) is 26.2. The Balaban J connectivity index is 0.890. The van der Waals surface area contributed by atoms with Gasteiger partial charge in [0.15, 0.2) is 0 Å². The van der Waals surface area contributed by atoms with Crippen molar-refractivity contribution in [3.63, 3.8) is 0 Å². The molecule has 0 fully saturated rings. The van der Waals surface area contributed by atoms with E-state index < -0.39 is 5.41 Å². The van der Waals surface area contributed by atoms with Crippen molar-refractivity contribution < 1.29 is 4.42 Å². The fraction of sp³-hybridized carbons (Fsp3) is 0.0137. The highest BCUT2D eigenvalue weighted by Gasteiger charge is 2.51. The molecule has 2 aromatic heterocycles. The summed E-state index contributed by atoms with van der Waals surface area (Å²) >= 11 is 0. The van der Waals surface area contributed by atoms with Crippen LogP contribution in [0.2, 0.25) is 0 Å². The maximum Gasteiger partial charge on any atom is 0.143 e. The number of hydrogen-bond acceptors (Lipinski definition) is 2. The standard InChI is InChI=1S/C73H46N2O/c1-2-19-47(20-3-1)53-23-4-5-24-55(53)58-26-7-12-35-67(58)74(51-42-39-48(40-43-51)54-29-17-31-62-60-28-9-15-38-70(60)76-72(54)62)52-22-16-21-49(45-52)50-41-44-57-56-25-6-10-32-63(56)73(66(57)46-50)64-33-11-14-37-69(64)75-68-36-13-8-27-59(68)61-30-18-34-65(73)71(61)75/h1-46H. The quantitative estimate of drug-likeness (QED) is 0.159. The van der Waals surface area contributed by atoms with Gasteiger partial charge in [-0.2, -0.15) is 0 Å². The van der Waals surface area contributed by atoms with Gasteiger partial charge in [0.1, 0.15) is 11.2 Å². The van der Waals surface area contributed by atoms with E-state index in [4.69, 9.17) is 4.42 Å². The SMILES string of the molecule is c1ccc(-c2ccccc2-c2ccccc2N(c2ccc(-c3cccc4c3oc3ccccc34)cc2)c2cccc(-c3ccc4c(c3)C3(c5ccccc5-4)c4ccccc4-n4c5ccccc5c5cccc3c54)c2)cc1. The number of anilines is 3. The molecule has 0 saturated heterocycles. The Bertz CT molecular complexity index is 4650. The normalized spacial score (nSPS) is 14.1. The van der Waals surface area contributed by atoms with Gasteiger partial charge in [-0.1, -0.05) is 224 Å². The second-order valence-electron chi connectivity index (χ2n) is 20.3. The first-order chi connectivity index (χ1) is 37.7. The van der Waals surface area contributed by atoms with Gasteiger partial charge in [0.2, 0.25) is 0 Å². The van der Waals surface area contributed by atoms with Crippen LogP contribution in [0.5, 0.6) is 0 Å². The molecule has 1 unspecified atom stereocenters. The smallest absolute Gasteiger partial charge is 0.143 e. The van der Waals surface area contributed by atoms with E-state index in [1.807, 2.05) is 6.07 Å². The first kappa shape index (κ1) is 42.5. The third-order valence-corrected chi connectivity index (χ3v) is 16.4. The Morgan fingerprint density at radius 2 is 0.895 bits per heavy atom. The molecular formula is C73H46N2O. The lowest BCUT2D eigenvalue weighted by molar-refractivity contribution is 0.670. The van der Waals surface area contributed by atoms with Gasteiger partial charge >= 0.3 is 0 Å². The van der Waals surface area contributed by atoms with Gasteiger partial charge < -0.3 is 13.9 Å². The lowest BCUT2D eigenvalue weighted by Crippen LogP contribution is -2.33. The molecule has 0 saturated carbocycles. The molecule has 1 spiro atoms.